The zero-order chi connectivity index (χ0) is 12.3. The molecular weight excluding hydrogens is 204 g/mol. The molecule has 0 aromatic carbocycles. The highest BCUT2D eigenvalue weighted by Gasteiger charge is 2.33. The summed E-state index contributed by atoms with van der Waals surface area (Å²) in [5.74, 6) is 0.155. The van der Waals surface area contributed by atoms with Gasteiger partial charge in [0.05, 0.1) is 12.1 Å². The van der Waals surface area contributed by atoms with Crippen molar-refractivity contribution in [3.05, 3.63) is 0 Å². The minimum Gasteiger partial charge on any atom is -0.341 e. The summed E-state index contributed by atoms with van der Waals surface area (Å²) < 4.78 is 0. The Kier molecular flexibility index (Phi) is 4.33. The number of hydrogen-bond acceptors (Lipinski definition) is 2. The molecule has 2 amide bonds. The maximum absolute atomic E-state index is 11.4. The molecule has 4 nitrogen and oxygen atoms in total. The zero-order valence-electron chi connectivity index (χ0n) is 10.7. The summed E-state index contributed by atoms with van der Waals surface area (Å²) in [6.07, 6.45) is 4.28. The Morgan fingerprint density at radius 3 is 1.44 bits per heavy atom. The molecule has 0 N–H and O–H groups in total. The fraction of sp³-hybridized carbons (Fsp3) is 0.833. The number of rotatable bonds is 2. The van der Waals surface area contributed by atoms with Crippen LogP contribution in [-0.4, -0.2) is 47.8 Å². The molecule has 1 aliphatic rings. The number of hydrogen-bond donors (Lipinski definition) is 0. The fourth-order valence-corrected chi connectivity index (χ4v) is 2.46. The lowest BCUT2D eigenvalue weighted by Gasteiger charge is -2.41. The van der Waals surface area contributed by atoms with Gasteiger partial charge in [-0.25, -0.2) is 0 Å². The van der Waals surface area contributed by atoms with E-state index in [2.05, 4.69) is 0 Å². The second-order valence-electron chi connectivity index (χ2n) is 4.68. The quantitative estimate of drug-likeness (QED) is 0.711. The van der Waals surface area contributed by atoms with Crippen molar-refractivity contribution < 1.29 is 9.59 Å². The molecule has 16 heavy (non-hydrogen) atoms. The van der Waals surface area contributed by atoms with Gasteiger partial charge in [-0.15, -0.1) is 0 Å². The summed E-state index contributed by atoms with van der Waals surface area (Å²) in [5, 5.41) is 0. The van der Waals surface area contributed by atoms with E-state index in [1.165, 1.54) is 0 Å². The Morgan fingerprint density at radius 1 is 0.875 bits per heavy atom. The van der Waals surface area contributed by atoms with E-state index in [0.29, 0.717) is 0 Å². The van der Waals surface area contributed by atoms with Crippen molar-refractivity contribution in [2.45, 2.75) is 51.6 Å². The smallest absolute Gasteiger partial charge is 0.219 e. The van der Waals surface area contributed by atoms with Gasteiger partial charge in [-0.05, 0) is 12.8 Å². The predicted molar refractivity (Wildman–Crippen MR) is 62.9 cm³/mol. The van der Waals surface area contributed by atoms with Crippen molar-refractivity contribution in [1.82, 2.24) is 9.80 Å². The lowest BCUT2D eigenvalue weighted by atomic mass is 9.88. The number of carbonyl (C=O) groups excluding carboxylic acids is 2. The molecular formula is C12H22N2O2. The van der Waals surface area contributed by atoms with E-state index in [-0.39, 0.29) is 23.9 Å². The van der Waals surface area contributed by atoms with Crippen molar-refractivity contribution in [2.24, 2.45) is 0 Å². The third kappa shape index (κ3) is 2.74. The van der Waals surface area contributed by atoms with Crippen molar-refractivity contribution in [3.63, 3.8) is 0 Å². The first-order valence-electron chi connectivity index (χ1n) is 5.92. The van der Waals surface area contributed by atoms with Crippen LogP contribution in [0.1, 0.15) is 39.5 Å². The molecule has 4 heteroatoms. The van der Waals surface area contributed by atoms with Crippen LogP contribution in [0.3, 0.4) is 0 Å². The van der Waals surface area contributed by atoms with E-state index >= 15 is 0 Å². The van der Waals surface area contributed by atoms with Crippen molar-refractivity contribution in [2.75, 3.05) is 14.1 Å². The molecule has 0 spiro atoms. The summed E-state index contributed by atoms with van der Waals surface area (Å²) >= 11 is 0. The maximum Gasteiger partial charge on any atom is 0.219 e. The fourth-order valence-electron chi connectivity index (χ4n) is 2.46. The largest absolute Gasteiger partial charge is 0.341 e. The van der Waals surface area contributed by atoms with Crippen LogP contribution in [-0.2, 0) is 9.59 Å². The van der Waals surface area contributed by atoms with Crippen LogP contribution in [0.4, 0.5) is 0 Å². The molecule has 1 fully saturated rings. The number of nitrogens with zero attached hydrogens (tertiary/aromatic N) is 2. The Labute approximate surface area is 97.6 Å². The predicted octanol–water partition coefficient (Wildman–Crippen LogP) is 1.25. The normalized spacial score (nSPS) is 25.0. The van der Waals surface area contributed by atoms with Gasteiger partial charge in [0.25, 0.3) is 0 Å². The summed E-state index contributed by atoms with van der Waals surface area (Å²) in [7, 11) is 3.67. The number of likely N-dealkylation sites (N-methyl/N-ethyl adjacent to an activating group) is 2. The molecule has 0 bridgehead atoms. The van der Waals surface area contributed by atoms with Crippen LogP contribution < -0.4 is 0 Å². The second-order valence-corrected chi connectivity index (χ2v) is 4.68. The van der Waals surface area contributed by atoms with E-state index in [4.69, 9.17) is 0 Å². The van der Waals surface area contributed by atoms with Crippen molar-refractivity contribution in [3.8, 4) is 0 Å². The average Bonchev–Trinajstić information content (AvgIpc) is 2.26. The minimum absolute atomic E-state index is 0.0776. The summed E-state index contributed by atoms with van der Waals surface area (Å²) in [5.41, 5.74) is 0. The first-order chi connectivity index (χ1) is 7.45. The lowest BCUT2D eigenvalue weighted by Crippen LogP contribution is -2.53. The van der Waals surface area contributed by atoms with Crippen molar-refractivity contribution in [1.29, 1.82) is 0 Å². The molecule has 1 saturated carbocycles. The monoisotopic (exact) mass is 226 g/mol. The average molecular weight is 226 g/mol. The Balaban J connectivity index is 2.78. The standard InChI is InChI=1S/C12H22N2O2/c1-9(15)13(3)11-7-5-6-8-12(11)14(4)10(2)16/h11-12H,5-8H2,1-4H3/t11-,12-/m1/s1. The van der Waals surface area contributed by atoms with E-state index < -0.39 is 0 Å². The highest BCUT2D eigenvalue weighted by Crippen LogP contribution is 2.26. The molecule has 0 aliphatic heterocycles. The molecule has 0 radical (unpaired) electrons. The third-order valence-electron chi connectivity index (χ3n) is 3.68. The second kappa shape index (κ2) is 5.32. The van der Waals surface area contributed by atoms with Gasteiger partial charge >= 0.3 is 0 Å². The molecule has 1 aliphatic carbocycles. The van der Waals surface area contributed by atoms with Gasteiger partial charge < -0.3 is 9.80 Å². The van der Waals surface area contributed by atoms with Gasteiger partial charge in [0.2, 0.25) is 11.8 Å². The molecule has 92 valence electrons. The Morgan fingerprint density at radius 2 is 1.19 bits per heavy atom. The first-order valence-corrected chi connectivity index (χ1v) is 5.92. The molecule has 1 rings (SSSR count). The zero-order valence-corrected chi connectivity index (χ0v) is 10.7. The van der Waals surface area contributed by atoms with Gasteiger partial charge in [-0.2, -0.15) is 0 Å². The first kappa shape index (κ1) is 13.0. The van der Waals surface area contributed by atoms with Crippen LogP contribution in [0.15, 0.2) is 0 Å². The Bertz CT molecular complexity index is 250. The van der Waals surface area contributed by atoms with Gasteiger partial charge in [0, 0.05) is 27.9 Å². The summed E-state index contributed by atoms with van der Waals surface area (Å²) in [6, 6.07) is 0.361. The molecule has 2 atom stereocenters. The van der Waals surface area contributed by atoms with Crippen molar-refractivity contribution >= 4 is 11.8 Å². The number of amides is 2. The van der Waals surface area contributed by atoms with Crippen LogP contribution in [0.5, 0.6) is 0 Å². The maximum atomic E-state index is 11.4. The van der Waals surface area contributed by atoms with E-state index in [1.807, 2.05) is 14.1 Å². The SMILES string of the molecule is CC(=O)N(C)[C@@H]1CCCC[C@H]1N(C)C(C)=O. The van der Waals surface area contributed by atoms with E-state index in [0.717, 1.165) is 25.7 Å². The topological polar surface area (TPSA) is 40.6 Å². The Hall–Kier alpha value is -1.06. The van der Waals surface area contributed by atoms with E-state index in [1.54, 1.807) is 23.6 Å². The third-order valence-corrected chi connectivity index (χ3v) is 3.68. The molecule has 0 heterocycles. The van der Waals surface area contributed by atoms with Crippen LogP contribution in [0, 0.1) is 0 Å². The highest BCUT2D eigenvalue weighted by molar-refractivity contribution is 5.75. The van der Waals surface area contributed by atoms with Crippen LogP contribution in [0.2, 0.25) is 0 Å². The molecule has 0 aromatic rings. The highest BCUT2D eigenvalue weighted by atomic mass is 16.2. The van der Waals surface area contributed by atoms with Gasteiger partial charge in [0.1, 0.15) is 0 Å². The van der Waals surface area contributed by atoms with E-state index in [9.17, 15) is 9.59 Å². The molecule has 0 saturated heterocycles. The lowest BCUT2D eigenvalue weighted by molar-refractivity contribution is -0.137. The molecule has 0 aromatic heterocycles. The summed E-state index contributed by atoms with van der Waals surface area (Å²) in [4.78, 5) is 26.4. The van der Waals surface area contributed by atoms with Gasteiger partial charge in [-0.1, -0.05) is 12.8 Å². The minimum atomic E-state index is 0.0776. The molecule has 0 unspecified atom stereocenters. The van der Waals surface area contributed by atoms with Crippen LogP contribution in [0.25, 0.3) is 0 Å². The van der Waals surface area contributed by atoms with Crippen LogP contribution >= 0.6 is 0 Å². The number of carbonyl (C=O) groups is 2. The van der Waals surface area contributed by atoms with Gasteiger partial charge in [-0.3, -0.25) is 9.59 Å². The summed E-state index contributed by atoms with van der Waals surface area (Å²) in [6.45, 7) is 3.17. The van der Waals surface area contributed by atoms with Gasteiger partial charge in [0.15, 0.2) is 0 Å².